The van der Waals surface area contributed by atoms with Gasteiger partial charge in [-0.25, -0.2) is 0 Å². The van der Waals surface area contributed by atoms with Gasteiger partial charge in [0.2, 0.25) is 11.7 Å². The van der Waals surface area contributed by atoms with Crippen LogP contribution >= 0.6 is 11.6 Å². The minimum Gasteiger partial charge on any atom is -0.493 e. The zero-order chi connectivity index (χ0) is 14.8. The molecule has 1 saturated carbocycles. The van der Waals surface area contributed by atoms with Gasteiger partial charge >= 0.3 is 0 Å². The molecule has 1 fully saturated rings. The second-order valence-electron chi connectivity index (χ2n) is 4.92. The number of nitrogens with two attached hydrogens (primary N) is 1. The van der Waals surface area contributed by atoms with Crippen LogP contribution in [0.4, 0.5) is 0 Å². The topological polar surface area (TPSA) is 83.4 Å². The lowest BCUT2D eigenvalue weighted by Gasteiger charge is -2.14. The molecular weight excluding hydrogens is 294 g/mol. The van der Waals surface area contributed by atoms with E-state index in [0.717, 1.165) is 0 Å². The standard InChI is InChI=1S/C14H16ClN3O3/c1-19-10-5-4-9(15)12(13(10)20-7-8-2-3-8)14-17-11(6-16)21-18-14/h4-5,8H,2-3,6-7,16H2,1H3. The van der Waals surface area contributed by atoms with Gasteiger partial charge in [-0.05, 0) is 30.9 Å². The van der Waals surface area contributed by atoms with Gasteiger partial charge in [0.1, 0.15) is 0 Å². The number of ether oxygens (including phenoxy) is 2. The van der Waals surface area contributed by atoms with E-state index in [1.54, 1.807) is 19.2 Å². The third-order valence-corrected chi connectivity index (χ3v) is 3.63. The van der Waals surface area contributed by atoms with Crippen molar-refractivity contribution >= 4 is 11.6 Å². The molecule has 1 aliphatic rings. The Balaban J connectivity index is 2.02. The van der Waals surface area contributed by atoms with Crippen LogP contribution in [-0.4, -0.2) is 23.9 Å². The molecule has 2 aromatic rings. The number of nitrogens with zero attached hydrogens (tertiary/aromatic N) is 2. The fraction of sp³-hybridized carbons (Fsp3) is 0.429. The molecule has 0 saturated heterocycles. The molecule has 0 spiro atoms. The minimum atomic E-state index is 0.173. The van der Waals surface area contributed by atoms with Crippen LogP contribution in [0.2, 0.25) is 5.02 Å². The first-order valence-electron chi connectivity index (χ1n) is 6.75. The molecule has 0 atom stereocenters. The summed E-state index contributed by atoms with van der Waals surface area (Å²) in [6.45, 7) is 0.804. The summed E-state index contributed by atoms with van der Waals surface area (Å²) >= 11 is 6.29. The second-order valence-corrected chi connectivity index (χ2v) is 5.33. The van der Waals surface area contributed by atoms with E-state index in [2.05, 4.69) is 10.1 Å². The molecule has 0 unspecified atom stereocenters. The summed E-state index contributed by atoms with van der Waals surface area (Å²) in [5, 5.41) is 4.39. The molecule has 1 aromatic heterocycles. The summed E-state index contributed by atoms with van der Waals surface area (Å²) in [7, 11) is 1.58. The third kappa shape index (κ3) is 2.96. The van der Waals surface area contributed by atoms with Crippen molar-refractivity contribution in [2.24, 2.45) is 11.7 Å². The van der Waals surface area contributed by atoms with E-state index in [1.807, 2.05) is 0 Å². The molecule has 0 aliphatic heterocycles. The second kappa shape index (κ2) is 5.91. The number of hydrogen-bond acceptors (Lipinski definition) is 6. The van der Waals surface area contributed by atoms with E-state index in [1.165, 1.54) is 12.8 Å². The summed E-state index contributed by atoms with van der Waals surface area (Å²) in [4.78, 5) is 4.22. The summed E-state index contributed by atoms with van der Waals surface area (Å²) in [5.74, 6) is 2.43. The molecule has 21 heavy (non-hydrogen) atoms. The van der Waals surface area contributed by atoms with E-state index in [4.69, 9.17) is 31.3 Å². The van der Waals surface area contributed by atoms with Crippen molar-refractivity contribution in [1.29, 1.82) is 0 Å². The average Bonchev–Trinajstić information content (AvgIpc) is 3.21. The van der Waals surface area contributed by atoms with Crippen LogP contribution in [0.3, 0.4) is 0 Å². The number of methoxy groups -OCH3 is 1. The van der Waals surface area contributed by atoms with Crippen molar-refractivity contribution < 1.29 is 14.0 Å². The maximum atomic E-state index is 6.29. The monoisotopic (exact) mass is 309 g/mol. The maximum absolute atomic E-state index is 6.29. The zero-order valence-electron chi connectivity index (χ0n) is 11.6. The Morgan fingerprint density at radius 2 is 2.24 bits per heavy atom. The van der Waals surface area contributed by atoms with Crippen LogP contribution in [0, 0.1) is 5.92 Å². The molecule has 6 nitrogen and oxygen atoms in total. The first-order valence-corrected chi connectivity index (χ1v) is 7.13. The average molecular weight is 310 g/mol. The van der Waals surface area contributed by atoms with E-state index in [-0.39, 0.29) is 6.54 Å². The van der Waals surface area contributed by atoms with Crippen LogP contribution in [0.25, 0.3) is 11.4 Å². The highest BCUT2D eigenvalue weighted by Gasteiger charge is 2.26. The Morgan fingerprint density at radius 1 is 1.43 bits per heavy atom. The number of rotatable bonds is 6. The summed E-state index contributed by atoms with van der Waals surface area (Å²) in [6, 6.07) is 3.48. The number of halogens is 1. The molecule has 1 aliphatic carbocycles. The highest BCUT2D eigenvalue weighted by molar-refractivity contribution is 6.33. The number of aromatic nitrogens is 2. The van der Waals surface area contributed by atoms with Crippen molar-refractivity contribution in [3.8, 4) is 22.9 Å². The summed E-state index contributed by atoms with van der Waals surface area (Å²) < 4.78 is 16.3. The van der Waals surface area contributed by atoms with Gasteiger partial charge in [0, 0.05) is 0 Å². The van der Waals surface area contributed by atoms with Crippen molar-refractivity contribution in [1.82, 2.24) is 10.1 Å². The first-order chi connectivity index (χ1) is 10.2. The molecule has 0 bridgehead atoms. The molecule has 1 aromatic carbocycles. The van der Waals surface area contributed by atoms with E-state index in [0.29, 0.717) is 46.3 Å². The predicted molar refractivity (Wildman–Crippen MR) is 77.4 cm³/mol. The predicted octanol–water partition coefficient (Wildman–Crippen LogP) is 2.65. The highest BCUT2D eigenvalue weighted by atomic mass is 35.5. The van der Waals surface area contributed by atoms with Crippen LogP contribution in [0.5, 0.6) is 11.5 Å². The normalized spacial score (nSPS) is 14.2. The molecule has 2 N–H and O–H groups in total. The number of hydrogen-bond donors (Lipinski definition) is 1. The van der Waals surface area contributed by atoms with Crippen LogP contribution in [0.1, 0.15) is 18.7 Å². The van der Waals surface area contributed by atoms with Crippen molar-refractivity contribution in [2.75, 3.05) is 13.7 Å². The van der Waals surface area contributed by atoms with Gasteiger partial charge in [0.15, 0.2) is 11.5 Å². The molecule has 0 radical (unpaired) electrons. The Bertz CT molecular complexity index is 640. The quantitative estimate of drug-likeness (QED) is 0.883. The minimum absolute atomic E-state index is 0.173. The molecule has 112 valence electrons. The van der Waals surface area contributed by atoms with Crippen molar-refractivity contribution in [2.45, 2.75) is 19.4 Å². The first kappa shape index (κ1) is 14.2. The van der Waals surface area contributed by atoms with Gasteiger partial charge in [-0.1, -0.05) is 16.8 Å². The van der Waals surface area contributed by atoms with Crippen LogP contribution < -0.4 is 15.2 Å². The third-order valence-electron chi connectivity index (χ3n) is 3.32. The summed E-state index contributed by atoms with van der Waals surface area (Å²) in [6.07, 6.45) is 2.38. The van der Waals surface area contributed by atoms with E-state index >= 15 is 0 Å². The van der Waals surface area contributed by atoms with Gasteiger partial charge in [0.05, 0.1) is 30.8 Å². The van der Waals surface area contributed by atoms with E-state index < -0.39 is 0 Å². The van der Waals surface area contributed by atoms with Gasteiger partial charge in [0.25, 0.3) is 0 Å². The van der Waals surface area contributed by atoms with Crippen LogP contribution in [0.15, 0.2) is 16.7 Å². The Kier molecular flexibility index (Phi) is 3.98. The number of benzene rings is 1. The Hall–Kier alpha value is -1.79. The van der Waals surface area contributed by atoms with Crippen molar-refractivity contribution in [3.63, 3.8) is 0 Å². The molecule has 7 heteroatoms. The lowest BCUT2D eigenvalue weighted by molar-refractivity contribution is 0.281. The van der Waals surface area contributed by atoms with Gasteiger partial charge < -0.3 is 19.7 Å². The molecule has 1 heterocycles. The fourth-order valence-electron chi connectivity index (χ4n) is 1.98. The molecule has 0 amide bonds. The van der Waals surface area contributed by atoms with E-state index in [9.17, 15) is 0 Å². The lowest BCUT2D eigenvalue weighted by atomic mass is 10.1. The largest absolute Gasteiger partial charge is 0.493 e. The lowest BCUT2D eigenvalue weighted by Crippen LogP contribution is -2.03. The van der Waals surface area contributed by atoms with Crippen LogP contribution in [-0.2, 0) is 6.54 Å². The Morgan fingerprint density at radius 3 is 2.86 bits per heavy atom. The van der Waals surface area contributed by atoms with Gasteiger partial charge in [-0.2, -0.15) is 4.98 Å². The smallest absolute Gasteiger partial charge is 0.240 e. The van der Waals surface area contributed by atoms with Crippen molar-refractivity contribution in [3.05, 3.63) is 23.0 Å². The summed E-state index contributed by atoms with van der Waals surface area (Å²) in [5.41, 5.74) is 6.06. The maximum Gasteiger partial charge on any atom is 0.240 e. The highest BCUT2D eigenvalue weighted by Crippen LogP contribution is 2.43. The molecule has 3 rings (SSSR count). The molecular formula is C14H16ClN3O3. The van der Waals surface area contributed by atoms with Gasteiger partial charge in [-0.15, -0.1) is 0 Å². The Labute approximate surface area is 127 Å². The zero-order valence-corrected chi connectivity index (χ0v) is 12.4. The fourth-order valence-corrected chi connectivity index (χ4v) is 2.21. The van der Waals surface area contributed by atoms with Gasteiger partial charge in [-0.3, -0.25) is 0 Å². The SMILES string of the molecule is COc1ccc(Cl)c(-c2noc(CN)n2)c1OCC1CC1.